The third-order valence-corrected chi connectivity index (χ3v) is 6.53. The predicted octanol–water partition coefficient (Wildman–Crippen LogP) is 4.73. The fourth-order valence-corrected chi connectivity index (χ4v) is 4.99. The number of carbonyl (C=O) groups is 2. The smallest absolute Gasteiger partial charge is 0.310 e. The van der Waals surface area contributed by atoms with Gasteiger partial charge in [-0.3, -0.25) is 9.59 Å². The van der Waals surface area contributed by atoms with Crippen molar-refractivity contribution in [1.82, 2.24) is 9.47 Å². The van der Waals surface area contributed by atoms with Crippen LogP contribution in [-0.2, 0) is 9.53 Å². The van der Waals surface area contributed by atoms with E-state index in [0.717, 1.165) is 28.6 Å². The summed E-state index contributed by atoms with van der Waals surface area (Å²) >= 11 is 1.65. The second-order valence-corrected chi connectivity index (χ2v) is 8.45. The van der Waals surface area contributed by atoms with Crippen molar-refractivity contribution in [1.29, 1.82) is 0 Å². The lowest BCUT2D eigenvalue weighted by molar-refractivity contribution is -0.149. The molecule has 2 atom stereocenters. The van der Waals surface area contributed by atoms with Gasteiger partial charge in [0.1, 0.15) is 5.69 Å². The predicted molar refractivity (Wildman–Crippen MR) is 115 cm³/mol. The molecule has 1 fully saturated rings. The second kappa shape index (κ2) is 8.41. The molecule has 4 rings (SSSR count). The minimum atomic E-state index is -0.233. The van der Waals surface area contributed by atoms with Crippen LogP contribution in [0.2, 0.25) is 0 Å². The van der Waals surface area contributed by atoms with E-state index in [4.69, 9.17) is 4.74 Å². The van der Waals surface area contributed by atoms with Crippen LogP contribution in [0.4, 0.5) is 0 Å². The van der Waals surface area contributed by atoms with Gasteiger partial charge in [-0.05, 0) is 49.8 Å². The Labute approximate surface area is 174 Å². The monoisotopic (exact) mass is 410 g/mol. The van der Waals surface area contributed by atoms with E-state index in [1.54, 1.807) is 11.3 Å². The SMILES string of the molecule is CCOC(=O)[C@@H]1CCCN(C(=O)c2cc3sccc3n2[C@H](C)c2ccccc2)C1. The Kier molecular flexibility index (Phi) is 5.72. The van der Waals surface area contributed by atoms with E-state index in [2.05, 4.69) is 35.1 Å². The quantitative estimate of drug-likeness (QED) is 0.572. The van der Waals surface area contributed by atoms with Crippen molar-refractivity contribution < 1.29 is 14.3 Å². The number of ether oxygens (including phenoxy) is 1. The molecule has 6 heteroatoms. The molecule has 1 amide bonds. The van der Waals surface area contributed by atoms with E-state index in [-0.39, 0.29) is 23.8 Å². The maximum atomic E-state index is 13.5. The average Bonchev–Trinajstić information content (AvgIpc) is 3.35. The molecule has 0 radical (unpaired) electrons. The van der Waals surface area contributed by atoms with Gasteiger partial charge < -0.3 is 14.2 Å². The Hall–Kier alpha value is -2.60. The summed E-state index contributed by atoms with van der Waals surface area (Å²) in [6.45, 7) is 5.41. The zero-order valence-corrected chi connectivity index (χ0v) is 17.7. The van der Waals surface area contributed by atoms with Crippen molar-refractivity contribution >= 4 is 33.4 Å². The Morgan fingerprint density at radius 3 is 2.79 bits per heavy atom. The number of fused-ring (bicyclic) bond motifs is 1. The minimum Gasteiger partial charge on any atom is -0.466 e. The molecule has 0 aliphatic carbocycles. The molecule has 2 aromatic heterocycles. The summed E-state index contributed by atoms with van der Waals surface area (Å²) in [6.07, 6.45) is 1.59. The third-order valence-electron chi connectivity index (χ3n) is 5.68. The molecule has 0 unspecified atom stereocenters. The van der Waals surface area contributed by atoms with Gasteiger partial charge in [-0.2, -0.15) is 0 Å². The summed E-state index contributed by atoms with van der Waals surface area (Å²) in [7, 11) is 0. The summed E-state index contributed by atoms with van der Waals surface area (Å²) in [5, 5.41) is 2.06. The van der Waals surface area contributed by atoms with Crippen molar-refractivity contribution in [3.05, 3.63) is 59.1 Å². The lowest BCUT2D eigenvalue weighted by Gasteiger charge is -2.32. The van der Waals surface area contributed by atoms with E-state index >= 15 is 0 Å². The molecule has 0 saturated carbocycles. The summed E-state index contributed by atoms with van der Waals surface area (Å²) in [6, 6.07) is 14.3. The number of hydrogen-bond acceptors (Lipinski definition) is 4. The molecule has 3 aromatic rings. The van der Waals surface area contributed by atoms with Crippen LogP contribution in [0, 0.1) is 5.92 Å². The zero-order chi connectivity index (χ0) is 20.4. The van der Waals surface area contributed by atoms with Crippen LogP contribution in [0.5, 0.6) is 0 Å². The number of nitrogens with zero attached hydrogens (tertiary/aromatic N) is 2. The molecule has 0 N–H and O–H groups in total. The first kappa shape index (κ1) is 19.7. The molecule has 1 saturated heterocycles. The molecule has 3 heterocycles. The van der Waals surface area contributed by atoms with E-state index in [9.17, 15) is 9.59 Å². The standard InChI is InChI=1S/C23H26N2O3S/c1-3-28-23(27)18-10-7-12-24(15-18)22(26)20-14-21-19(11-13-29-21)25(20)16(2)17-8-5-4-6-9-17/h4-6,8-9,11,13-14,16,18H,3,7,10,12,15H2,1-2H3/t16-,18-/m1/s1. The van der Waals surface area contributed by atoms with Crippen molar-refractivity contribution in [2.45, 2.75) is 32.7 Å². The van der Waals surface area contributed by atoms with Gasteiger partial charge in [-0.15, -0.1) is 11.3 Å². The van der Waals surface area contributed by atoms with Gasteiger partial charge in [0.15, 0.2) is 0 Å². The Morgan fingerprint density at radius 2 is 2.03 bits per heavy atom. The first-order chi connectivity index (χ1) is 14.1. The van der Waals surface area contributed by atoms with Crippen LogP contribution >= 0.6 is 11.3 Å². The van der Waals surface area contributed by atoms with Gasteiger partial charge in [0.2, 0.25) is 0 Å². The van der Waals surface area contributed by atoms with Gasteiger partial charge in [-0.1, -0.05) is 30.3 Å². The van der Waals surface area contributed by atoms with Crippen molar-refractivity contribution in [2.75, 3.05) is 19.7 Å². The van der Waals surface area contributed by atoms with Crippen LogP contribution < -0.4 is 0 Å². The number of likely N-dealkylation sites (tertiary alicyclic amines) is 1. The average molecular weight is 411 g/mol. The number of rotatable bonds is 5. The highest BCUT2D eigenvalue weighted by Gasteiger charge is 2.32. The van der Waals surface area contributed by atoms with Crippen molar-refractivity contribution in [3.63, 3.8) is 0 Å². The molecule has 1 aliphatic rings. The fraction of sp³-hybridized carbons (Fsp3) is 0.391. The van der Waals surface area contributed by atoms with Crippen LogP contribution in [0.25, 0.3) is 10.2 Å². The number of aromatic nitrogens is 1. The Bertz CT molecular complexity index is 1010. The molecule has 5 nitrogen and oxygen atoms in total. The van der Waals surface area contributed by atoms with Crippen LogP contribution in [0.15, 0.2) is 47.8 Å². The van der Waals surface area contributed by atoms with Crippen LogP contribution in [0.3, 0.4) is 0 Å². The van der Waals surface area contributed by atoms with Gasteiger partial charge >= 0.3 is 5.97 Å². The summed E-state index contributed by atoms with van der Waals surface area (Å²) in [4.78, 5) is 27.5. The number of hydrogen-bond donors (Lipinski definition) is 0. The fourth-order valence-electron chi connectivity index (χ4n) is 4.18. The summed E-state index contributed by atoms with van der Waals surface area (Å²) < 4.78 is 8.43. The van der Waals surface area contributed by atoms with Gasteiger partial charge in [0, 0.05) is 13.1 Å². The molecule has 29 heavy (non-hydrogen) atoms. The number of piperidine rings is 1. The Morgan fingerprint density at radius 1 is 1.24 bits per heavy atom. The van der Waals surface area contributed by atoms with E-state index in [1.165, 1.54) is 0 Å². The molecule has 152 valence electrons. The number of carbonyl (C=O) groups excluding carboxylic acids is 2. The van der Waals surface area contributed by atoms with Crippen LogP contribution in [-0.4, -0.2) is 41.0 Å². The second-order valence-electron chi connectivity index (χ2n) is 7.50. The molecule has 1 aromatic carbocycles. The number of amides is 1. The third kappa shape index (κ3) is 3.81. The topological polar surface area (TPSA) is 51.5 Å². The van der Waals surface area contributed by atoms with Gasteiger partial charge in [0.05, 0.1) is 28.8 Å². The first-order valence-electron chi connectivity index (χ1n) is 10.2. The highest BCUT2D eigenvalue weighted by Crippen LogP contribution is 2.32. The number of esters is 1. The normalized spacial score (nSPS) is 18.0. The van der Waals surface area contributed by atoms with E-state index in [0.29, 0.717) is 25.4 Å². The van der Waals surface area contributed by atoms with Crippen molar-refractivity contribution in [3.8, 4) is 0 Å². The summed E-state index contributed by atoms with van der Waals surface area (Å²) in [5.41, 5.74) is 2.93. The lowest BCUT2D eigenvalue weighted by atomic mass is 9.98. The zero-order valence-electron chi connectivity index (χ0n) is 16.8. The highest BCUT2D eigenvalue weighted by atomic mass is 32.1. The molecule has 1 aliphatic heterocycles. The highest BCUT2D eigenvalue weighted by molar-refractivity contribution is 7.17. The molecular formula is C23H26N2O3S. The molecule has 0 bridgehead atoms. The van der Waals surface area contributed by atoms with Gasteiger partial charge in [-0.25, -0.2) is 0 Å². The largest absolute Gasteiger partial charge is 0.466 e. The Balaban J connectivity index is 1.66. The minimum absolute atomic E-state index is 0.00909. The number of benzene rings is 1. The van der Waals surface area contributed by atoms with E-state index in [1.807, 2.05) is 36.1 Å². The maximum Gasteiger partial charge on any atom is 0.310 e. The van der Waals surface area contributed by atoms with Gasteiger partial charge in [0.25, 0.3) is 5.91 Å². The molecule has 0 spiro atoms. The maximum absolute atomic E-state index is 13.5. The first-order valence-corrected chi connectivity index (χ1v) is 11.1. The summed E-state index contributed by atoms with van der Waals surface area (Å²) in [5.74, 6) is -0.437. The lowest BCUT2D eigenvalue weighted by Crippen LogP contribution is -2.43. The van der Waals surface area contributed by atoms with E-state index < -0.39 is 0 Å². The van der Waals surface area contributed by atoms with Crippen LogP contribution in [0.1, 0.15) is 48.8 Å². The number of thiophene rings is 1. The van der Waals surface area contributed by atoms with Crippen molar-refractivity contribution in [2.24, 2.45) is 5.92 Å². The molecular weight excluding hydrogens is 384 g/mol.